The van der Waals surface area contributed by atoms with Gasteiger partial charge in [-0.1, -0.05) is 18.2 Å². The van der Waals surface area contributed by atoms with Crippen LogP contribution in [-0.4, -0.2) is 59.4 Å². The highest BCUT2D eigenvalue weighted by Gasteiger charge is 2.40. The lowest BCUT2D eigenvalue weighted by molar-refractivity contribution is -0.143. The highest BCUT2D eigenvalue weighted by Crippen LogP contribution is 2.32. The molecular weight excluding hydrogens is 320 g/mol. The summed E-state index contributed by atoms with van der Waals surface area (Å²) in [5, 5.41) is 8.72. The Bertz CT molecular complexity index is 632. The standard InChI is InChI=1S/C19H26N2O4/c1-19(18(25)20(2)12-6-10-16(22)23)11-7-13-21(14-19)17(24)15-8-4-3-5-9-15/h3-5,8-9H,6-7,10-14H2,1-2H3,(H,22,23). The fourth-order valence-corrected chi connectivity index (χ4v) is 3.38. The van der Waals surface area contributed by atoms with Crippen molar-refractivity contribution in [3.63, 3.8) is 0 Å². The van der Waals surface area contributed by atoms with Crippen LogP contribution in [0.4, 0.5) is 0 Å². The normalized spacial score (nSPS) is 20.2. The molecule has 1 aromatic rings. The van der Waals surface area contributed by atoms with E-state index in [-0.39, 0.29) is 18.2 Å². The molecule has 1 atom stereocenters. The van der Waals surface area contributed by atoms with Crippen molar-refractivity contribution in [3.8, 4) is 0 Å². The first-order chi connectivity index (χ1) is 11.8. The fourth-order valence-electron chi connectivity index (χ4n) is 3.38. The van der Waals surface area contributed by atoms with Crippen LogP contribution in [0.5, 0.6) is 0 Å². The lowest BCUT2D eigenvalue weighted by Crippen LogP contribution is -2.52. The van der Waals surface area contributed by atoms with Gasteiger partial charge in [0.1, 0.15) is 0 Å². The Balaban J connectivity index is 2.01. The number of likely N-dealkylation sites (tertiary alicyclic amines) is 1. The van der Waals surface area contributed by atoms with Gasteiger partial charge in [0, 0.05) is 38.7 Å². The third-order valence-electron chi connectivity index (χ3n) is 4.75. The number of carbonyl (C=O) groups excluding carboxylic acids is 2. The minimum Gasteiger partial charge on any atom is -0.481 e. The summed E-state index contributed by atoms with van der Waals surface area (Å²) in [7, 11) is 1.70. The van der Waals surface area contributed by atoms with Gasteiger partial charge in [-0.2, -0.15) is 0 Å². The van der Waals surface area contributed by atoms with Crippen LogP contribution in [0.15, 0.2) is 30.3 Å². The van der Waals surface area contributed by atoms with Crippen LogP contribution >= 0.6 is 0 Å². The predicted octanol–water partition coefficient (Wildman–Crippen LogP) is 2.25. The molecule has 1 aliphatic rings. The zero-order chi connectivity index (χ0) is 18.4. The molecule has 0 aliphatic carbocycles. The van der Waals surface area contributed by atoms with Crippen LogP contribution in [-0.2, 0) is 9.59 Å². The maximum Gasteiger partial charge on any atom is 0.303 e. The molecule has 0 aromatic heterocycles. The molecule has 1 unspecified atom stereocenters. The molecule has 1 aliphatic heterocycles. The van der Waals surface area contributed by atoms with Crippen LogP contribution < -0.4 is 0 Å². The molecule has 2 amide bonds. The third-order valence-corrected chi connectivity index (χ3v) is 4.75. The van der Waals surface area contributed by atoms with E-state index in [0.717, 1.165) is 12.8 Å². The van der Waals surface area contributed by atoms with Crippen LogP contribution in [0, 0.1) is 5.41 Å². The van der Waals surface area contributed by atoms with E-state index < -0.39 is 11.4 Å². The first-order valence-electron chi connectivity index (χ1n) is 8.65. The quantitative estimate of drug-likeness (QED) is 0.857. The number of amides is 2. The third kappa shape index (κ3) is 4.81. The largest absolute Gasteiger partial charge is 0.481 e. The molecule has 1 aromatic carbocycles. The molecule has 0 radical (unpaired) electrons. The summed E-state index contributed by atoms with van der Waals surface area (Å²) in [6.07, 6.45) is 1.99. The number of carboxylic acid groups (broad SMARTS) is 1. The lowest BCUT2D eigenvalue weighted by Gasteiger charge is -2.41. The average molecular weight is 346 g/mol. The topological polar surface area (TPSA) is 77.9 Å². The number of benzene rings is 1. The second kappa shape index (κ2) is 8.14. The van der Waals surface area contributed by atoms with Gasteiger partial charge in [0.15, 0.2) is 0 Å². The minimum absolute atomic E-state index is 0.0246. The molecule has 1 N–H and O–H groups in total. The summed E-state index contributed by atoms with van der Waals surface area (Å²) >= 11 is 0. The van der Waals surface area contributed by atoms with Gasteiger partial charge in [-0.3, -0.25) is 14.4 Å². The molecule has 0 bridgehead atoms. The van der Waals surface area contributed by atoms with Crippen molar-refractivity contribution in [1.29, 1.82) is 0 Å². The van der Waals surface area contributed by atoms with Crippen LogP contribution in [0.3, 0.4) is 0 Å². The van der Waals surface area contributed by atoms with Crippen LogP contribution in [0.1, 0.15) is 43.0 Å². The Hall–Kier alpha value is -2.37. The molecule has 1 heterocycles. The summed E-state index contributed by atoms with van der Waals surface area (Å²) in [4.78, 5) is 39.5. The SMILES string of the molecule is CN(CCCC(=O)O)C(=O)C1(C)CCCN(C(=O)c2ccccc2)C1. The fraction of sp³-hybridized carbons (Fsp3) is 0.526. The predicted molar refractivity (Wildman–Crippen MR) is 94.2 cm³/mol. The molecular formula is C19H26N2O4. The van der Waals surface area contributed by atoms with E-state index in [4.69, 9.17) is 5.11 Å². The van der Waals surface area contributed by atoms with E-state index in [0.29, 0.717) is 31.6 Å². The minimum atomic E-state index is -0.857. The summed E-state index contributed by atoms with van der Waals surface area (Å²) < 4.78 is 0. The van der Waals surface area contributed by atoms with E-state index in [1.807, 2.05) is 25.1 Å². The molecule has 1 fully saturated rings. The number of piperidine rings is 1. The smallest absolute Gasteiger partial charge is 0.303 e. The summed E-state index contributed by atoms with van der Waals surface area (Å²) in [5.41, 5.74) is 0.00900. The number of carbonyl (C=O) groups is 3. The monoisotopic (exact) mass is 346 g/mol. The van der Waals surface area contributed by atoms with Gasteiger partial charge in [-0.15, -0.1) is 0 Å². The number of nitrogens with zero attached hydrogens (tertiary/aromatic N) is 2. The van der Waals surface area contributed by atoms with E-state index in [9.17, 15) is 14.4 Å². The maximum atomic E-state index is 12.8. The Morgan fingerprint density at radius 2 is 1.92 bits per heavy atom. The highest BCUT2D eigenvalue weighted by atomic mass is 16.4. The second-order valence-electron chi connectivity index (χ2n) is 6.98. The Morgan fingerprint density at radius 1 is 1.24 bits per heavy atom. The molecule has 1 saturated heterocycles. The van der Waals surface area contributed by atoms with Gasteiger partial charge in [0.25, 0.3) is 5.91 Å². The van der Waals surface area contributed by atoms with Crippen molar-refractivity contribution in [3.05, 3.63) is 35.9 Å². The van der Waals surface area contributed by atoms with Crippen molar-refractivity contribution in [1.82, 2.24) is 9.80 Å². The molecule has 0 spiro atoms. The van der Waals surface area contributed by atoms with Gasteiger partial charge >= 0.3 is 5.97 Å². The molecule has 136 valence electrons. The number of hydrogen-bond acceptors (Lipinski definition) is 3. The maximum absolute atomic E-state index is 12.8. The lowest BCUT2D eigenvalue weighted by atomic mass is 9.80. The molecule has 6 heteroatoms. The van der Waals surface area contributed by atoms with Gasteiger partial charge in [0.05, 0.1) is 5.41 Å². The Morgan fingerprint density at radius 3 is 2.56 bits per heavy atom. The Labute approximate surface area is 148 Å². The van der Waals surface area contributed by atoms with Gasteiger partial charge in [0.2, 0.25) is 5.91 Å². The number of carboxylic acids is 1. The van der Waals surface area contributed by atoms with Crippen LogP contribution in [0.25, 0.3) is 0 Å². The number of hydrogen-bond donors (Lipinski definition) is 1. The first-order valence-corrected chi connectivity index (χ1v) is 8.65. The number of aliphatic carboxylic acids is 1. The van der Waals surface area contributed by atoms with Gasteiger partial charge < -0.3 is 14.9 Å². The van der Waals surface area contributed by atoms with E-state index in [1.54, 1.807) is 29.0 Å². The summed E-state index contributed by atoms with van der Waals surface area (Å²) in [6, 6.07) is 9.10. The zero-order valence-electron chi connectivity index (χ0n) is 14.9. The number of rotatable bonds is 6. The van der Waals surface area contributed by atoms with Crippen molar-refractivity contribution >= 4 is 17.8 Å². The van der Waals surface area contributed by atoms with E-state index in [1.165, 1.54) is 0 Å². The van der Waals surface area contributed by atoms with Gasteiger partial charge in [-0.25, -0.2) is 0 Å². The molecule has 25 heavy (non-hydrogen) atoms. The van der Waals surface area contributed by atoms with Crippen molar-refractivity contribution in [2.24, 2.45) is 5.41 Å². The molecule has 0 saturated carbocycles. The molecule has 6 nitrogen and oxygen atoms in total. The average Bonchev–Trinajstić information content (AvgIpc) is 2.60. The van der Waals surface area contributed by atoms with Crippen molar-refractivity contribution in [2.75, 3.05) is 26.7 Å². The zero-order valence-corrected chi connectivity index (χ0v) is 14.9. The molecule has 2 rings (SSSR count). The Kier molecular flexibility index (Phi) is 6.17. The summed E-state index contributed by atoms with van der Waals surface area (Å²) in [5.74, 6) is -0.930. The van der Waals surface area contributed by atoms with E-state index >= 15 is 0 Å². The van der Waals surface area contributed by atoms with E-state index in [2.05, 4.69) is 0 Å². The highest BCUT2D eigenvalue weighted by molar-refractivity contribution is 5.95. The van der Waals surface area contributed by atoms with Crippen molar-refractivity contribution < 1.29 is 19.5 Å². The summed E-state index contributed by atoms with van der Waals surface area (Å²) in [6.45, 7) is 3.35. The van der Waals surface area contributed by atoms with Crippen molar-refractivity contribution in [2.45, 2.75) is 32.6 Å². The first kappa shape index (κ1) is 19.0. The second-order valence-corrected chi connectivity index (χ2v) is 6.98. The van der Waals surface area contributed by atoms with Gasteiger partial charge in [-0.05, 0) is 38.3 Å². The van der Waals surface area contributed by atoms with Crippen LogP contribution in [0.2, 0.25) is 0 Å².